The van der Waals surface area contributed by atoms with Crippen LogP contribution in [-0.4, -0.2) is 61.9 Å². The third kappa shape index (κ3) is 7.02. The van der Waals surface area contributed by atoms with E-state index in [0.717, 1.165) is 27.9 Å². The predicted molar refractivity (Wildman–Crippen MR) is 160 cm³/mol. The van der Waals surface area contributed by atoms with Crippen LogP contribution >= 0.6 is 23.4 Å². The molecule has 0 aliphatic carbocycles. The number of nitrogens with zero attached hydrogens (tertiary/aromatic N) is 2. The molecule has 3 aromatic carbocycles. The van der Waals surface area contributed by atoms with Crippen LogP contribution in [0.2, 0.25) is 5.02 Å². The second kappa shape index (κ2) is 13.1. The molecule has 0 unspecified atom stereocenters. The number of ether oxygens (including phenoxy) is 3. The number of thioether (sulfide) groups is 1. The lowest BCUT2D eigenvalue weighted by molar-refractivity contribution is -0.127. The SMILES string of the molecule is COc1cc(/C=C2/SC(=O)N(CC(=O)Nc3ccccc3N3CCOCC3)C2=O)ccc1OCc1ccc(Cl)cc1. The molecular weight excluding hydrogens is 566 g/mol. The van der Waals surface area contributed by atoms with Gasteiger partial charge in [-0.05, 0) is 65.4 Å². The summed E-state index contributed by atoms with van der Waals surface area (Å²) in [5.74, 6) is 0.0174. The lowest BCUT2D eigenvalue weighted by atomic mass is 10.1. The van der Waals surface area contributed by atoms with Crippen LogP contribution in [0, 0.1) is 0 Å². The van der Waals surface area contributed by atoms with Crippen LogP contribution in [0.5, 0.6) is 11.5 Å². The van der Waals surface area contributed by atoms with Crippen LogP contribution in [0.4, 0.5) is 16.2 Å². The number of carbonyl (C=O) groups is 3. The molecule has 9 nitrogen and oxygen atoms in total. The highest BCUT2D eigenvalue weighted by atomic mass is 35.5. The molecule has 2 aliphatic heterocycles. The minimum Gasteiger partial charge on any atom is -0.493 e. The van der Waals surface area contributed by atoms with Crippen molar-refractivity contribution in [3.8, 4) is 11.5 Å². The molecule has 0 spiro atoms. The number of amides is 3. The van der Waals surface area contributed by atoms with Gasteiger partial charge in [0.05, 0.1) is 36.6 Å². The van der Waals surface area contributed by atoms with E-state index >= 15 is 0 Å². The van der Waals surface area contributed by atoms with Crippen molar-refractivity contribution in [1.82, 2.24) is 4.90 Å². The van der Waals surface area contributed by atoms with Gasteiger partial charge in [-0.2, -0.15) is 0 Å². The average Bonchev–Trinajstić information content (AvgIpc) is 3.25. The molecule has 0 atom stereocenters. The Bertz CT molecular complexity index is 1470. The maximum atomic E-state index is 13.1. The molecule has 2 fully saturated rings. The fourth-order valence-corrected chi connectivity index (χ4v) is 5.38. The first-order valence-electron chi connectivity index (χ1n) is 12.9. The van der Waals surface area contributed by atoms with E-state index in [0.29, 0.717) is 60.7 Å². The Kier molecular flexibility index (Phi) is 9.13. The Morgan fingerprint density at radius 1 is 1.05 bits per heavy atom. The average molecular weight is 594 g/mol. The number of anilines is 2. The van der Waals surface area contributed by atoms with Crippen molar-refractivity contribution >= 4 is 57.9 Å². The number of halogens is 1. The number of carbonyl (C=O) groups excluding carboxylic acids is 3. The molecule has 3 amide bonds. The van der Waals surface area contributed by atoms with E-state index in [2.05, 4.69) is 10.2 Å². The summed E-state index contributed by atoms with van der Waals surface area (Å²) in [5, 5.41) is 3.00. The van der Waals surface area contributed by atoms with E-state index in [1.54, 1.807) is 42.5 Å². The monoisotopic (exact) mass is 593 g/mol. The highest BCUT2D eigenvalue weighted by molar-refractivity contribution is 8.18. The van der Waals surface area contributed by atoms with Crippen molar-refractivity contribution in [3.05, 3.63) is 87.8 Å². The van der Waals surface area contributed by atoms with Gasteiger partial charge in [-0.25, -0.2) is 0 Å². The molecule has 212 valence electrons. The fraction of sp³-hybridized carbons (Fsp3) is 0.233. The number of nitrogens with one attached hydrogen (secondary N) is 1. The summed E-state index contributed by atoms with van der Waals surface area (Å²) in [7, 11) is 1.53. The molecule has 11 heteroatoms. The van der Waals surface area contributed by atoms with Crippen LogP contribution in [-0.2, 0) is 20.9 Å². The minimum absolute atomic E-state index is 0.216. The number of methoxy groups -OCH3 is 1. The highest BCUT2D eigenvalue weighted by Crippen LogP contribution is 2.35. The topological polar surface area (TPSA) is 97.4 Å². The van der Waals surface area contributed by atoms with E-state index < -0.39 is 17.1 Å². The molecule has 41 heavy (non-hydrogen) atoms. The van der Waals surface area contributed by atoms with Crippen LogP contribution in [0.15, 0.2) is 71.6 Å². The summed E-state index contributed by atoms with van der Waals surface area (Å²) < 4.78 is 16.8. The van der Waals surface area contributed by atoms with Gasteiger partial charge in [-0.15, -0.1) is 0 Å². The van der Waals surface area contributed by atoms with Crippen LogP contribution < -0.4 is 19.7 Å². The van der Waals surface area contributed by atoms with Gasteiger partial charge in [-0.3, -0.25) is 19.3 Å². The number of hydrogen-bond donors (Lipinski definition) is 1. The van der Waals surface area contributed by atoms with Gasteiger partial charge >= 0.3 is 0 Å². The van der Waals surface area contributed by atoms with Gasteiger partial charge in [0.15, 0.2) is 11.5 Å². The molecule has 0 radical (unpaired) electrons. The summed E-state index contributed by atoms with van der Waals surface area (Å²) in [4.78, 5) is 41.9. The Labute approximate surface area is 247 Å². The summed E-state index contributed by atoms with van der Waals surface area (Å²) in [6, 6.07) is 20.0. The van der Waals surface area contributed by atoms with Crippen LogP contribution in [0.1, 0.15) is 11.1 Å². The van der Waals surface area contributed by atoms with Gasteiger partial charge in [0.2, 0.25) is 5.91 Å². The molecule has 2 heterocycles. The predicted octanol–water partition coefficient (Wildman–Crippen LogP) is 5.44. The van der Waals surface area contributed by atoms with Gasteiger partial charge in [-0.1, -0.05) is 41.9 Å². The number of benzene rings is 3. The zero-order chi connectivity index (χ0) is 28.8. The second-order valence-electron chi connectivity index (χ2n) is 9.26. The number of hydrogen-bond acceptors (Lipinski definition) is 8. The van der Waals surface area contributed by atoms with E-state index in [9.17, 15) is 14.4 Å². The molecule has 0 bridgehead atoms. The number of para-hydroxylation sites is 2. The molecule has 2 aliphatic rings. The normalized spacial score (nSPS) is 16.3. The number of imide groups is 1. The van der Waals surface area contributed by atoms with E-state index in [1.807, 2.05) is 30.3 Å². The van der Waals surface area contributed by atoms with Crippen molar-refractivity contribution in [1.29, 1.82) is 0 Å². The summed E-state index contributed by atoms with van der Waals surface area (Å²) >= 11 is 6.73. The van der Waals surface area contributed by atoms with Crippen molar-refractivity contribution in [2.45, 2.75) is 6.61 Å². The number of rotatable bonds is 9. The second-order valence-corrected chi connectivity index (χ2v) is 10.7. The van der Waals surface area contributed by atoms with Gasteiger partial charge in [0, 0.05) is 18.1 Å². The first kappa shape index (κ1) is 28.5. The molecule has 1 N–H and O–H groups in total. The smallest absolute Gasteiger partial charge is 0.294 e. The maximum Gasteiger partial charge on any atom is 0.294 e. The quantitative estimate of drug-likeness (QED) is 0.328. The zero-order valence-corrected chi connectivity index (χ0v) is 23.9. The standard InChI is InChI=1S/C30H28ClN3O6S/c1-38-26-16-21(8-11-25(26)40-19-20-6-9-22(31)10-7-20)17-27-29(36)34(30(37)41-27)18-28(35)32-23-4-2-3-5-24(23)33-12-14-39-15-13-33/h2-11,16-17H,12-15,18-19H2,1H3,(H,32,35)/b27-17+. The van der Waals surface area contributed by atoms with Crippen molar-refractivity contribution in [3.63, 3.8) is 0 Å². The summed E-state index contributed by atoms with van der Waals surface area (Å²) in [6.07, 6.45) is 1.60. The first-order valence-corrected chi connectivity index (χ1v) is 14.1. The molecule has 0 aromatic heterocycles. The first-order chi connectivity index (χ1) is 19.9. The molecule has 0 saturated carbocycles. The Morgan fingerprint density at radius 2 is 1.80 bits per heavy atom. The van der Waals surface area contributed by atoms with E-state index in [-0.39, 0.29) is 11.4 Å². The summed E-state index contributed by atoms with van der Waals surface area (Å²) in [5.41, 5.74) is 3.08. The van der Waals surface area contributed by atoms with Crippen LogP contribution in [0.3, 0.4) is 0 Å². The van der Waals surface area contributed by atoms with E-state index in [4.69, 9.17) is 25.8 Å². The highest BCUT2D eigenvalue weighted by Gasteiger charge is 2.36. The molecule has 2 saturated heterocycles. The molecule has 5 rings (SSSR count). The van der Waals surface area contributed by atoms with Gasteiger partial charge < -0.3 is 24.4 Å². The fourth-order valence-electron chi connectivity index (χ4n) is 4.42. The largest absolute Gasteiger partial charge is 0.493 e. The lowest BCUT2D eigenvalue weighted by Gasteiger charge is -2.30. The third-order valence-electron chi connectivity index (χ3n) is 6.50. The summed E-state index contributed by atoms with van der Waals surface area (Å²) in [6.45, 7) is 2.57. The van der Waals surface area contributed by atoms with Crippen molar-refractivity contribution < 1.29 is 28.6 Å². The number of morpholine rings is 1. The lowest BCUT2D eigenvalue weighted by Crippen LogP contribution is -2.38. The van der Waals surface area contributed by atoms with Crippen molar-refractivity contribution in [2.24, 2.45) is 0 Å². The minimum atomic E-state index is -0.529. The third-order valence-corrected chi connectivity index (χ3v) is 7.66. The molecular formula is C30H28ClN3O6S. The Hall–Kier alpha value is -3.99. The van der Waals surface area contributed by atoms with Crippen LogP contribution in [0.25, 0.3) is 6.08 Å². The van der Waals surface area contributed by atoms with E-state index in [1.165, 1.54) is 7.11 Å². The maximum absolute atomic E-state index is 13.1. The van der Waals surface area contributed by atoms with Gasteiger partial charge in [0.1, 0.15) is 13.2 Å². The Morgan fingerprint density at radius 3 is 2.56 bits per heavy atom. The zero-order valence-electron chi connectivity index (χ0n) is 22.3. The Balaban J connectivity index is 1.23. The van der Waals surface area contributed by atoms with Crippen molar-refractivity contribution in [2.75, 3.05) is 50.2 Å². The van der Waals surface area contributed by atoms with Gasteiger partial charge in [0.25, 0.3) is 11.1 Å². The molecule has 3 aromatic rings.